The van der Waals surface area contributed by atoms with Crippen LogP contribution in [0.15, 0.2) is 91.0 Å². The van der Waals surface area contributed by atoms with E-state index in [-0.39, 0.29) is 18.4 Å². The number of benzene rings is 3. The molecule has 3 aromatic carbocycles. The zero-order chi connectivity index (χ0) is 25.2. The standard InChI is InChI=1S/C28H28N2O5/c1-20(31)30(27(33)23-16-10-5-11-17-23)25(19-22-14-8-4-9-15-22)26(32)29-24(28(34)35-2)18-21-12-6-3-7-13-21/h3-17,24-25H,18-19H2,1-2H3,(H,29,32). The molecule has 0 fully saturated rings. The molecular weight excluding hydrogens is 444 g/mol. The van der Waals surface area contributed by atoms with Gasteiger partial charge in [-0.05, 0) is 23.3 Å². The fourth-order valence-electron chi connectivity index (χ4n) is 3.82. The van der Waals surface area contributed by atoms with Crippen LogP contribution in [0.1, 0.15) is 28.4 Å². The second-order valence-electron chi connectivity index (χ2n) is 8.04. The third-order valence-corrected chi connectivity index (χ3v) is 5.55. The Morgan fingerprint density at radius 2 is 1.26 bits per heavy atom. The maximum absolute atomic E-state index is 13.6. The molecule has 3 aromatic rings. The van der Waals surface area contributed by atoms with Gasteiger partial charge in [0, 0.05) is 25.3 Å². The molecule has 0 radical (unpaired) electrons. The molecule has 1 N–H and O–H groups in total. The average Bonchev–Trinajstić information content (AvgIpc) is 2.88. The molecule has 3 rings (SSSR count). The van der Waals surface area contributed by atoms with Crippen LogP contribution in [0.5, 0.6) is 0 Å². The minimum atomic E-state index is -1.18. The maximum Gasteiger partial charge on any atom is 0.328 e. The van der Waals surface area contributed by atoms with Crippen LogP contribution in [0.25, 0.3) is 0 Å². The van der Waals surface area contributed by atoms with Gasteiger partial charge in [0.15, 0.2) is 0 Å². The molecule has 7 nitrogen and oxygen atoms in total. The summed E-state index contributed by atoms with van der Waals surface area (Å²) in [7, 11) is 1.24. The lowest BCUT2D eigenvalue weighted by Crippen LogP contribution is -2.56. The molecule has 0 heterocycles. The molecule has 7 heteroatoms. The van der Waals surface area contributed by atoms with E-state index in [1.807, 2.05) is 60.7 Å². The summed E-state index contributed by atoms with van der Waals surface area (Å²) in [5, 5.41) is 2.72. The number of nitrogens with zero attached hydrogens (tertiary/aromatic N) is 1. The van der Waals surface area contributed by atoms with Gasteiger partial charge in [0.25, 0.3) is 5.91 Å². The number of rotatable bonds is 9. The number of ether oxygens (including phenoxy) is 1. The highest BCUT2D eigenvalue weighted by molar-refractivity contribution is 6.07. The Morgan fingerprint density at radius 3 is 1.74 bits per heavy atom. The number of carbonyl (C=O) groups excluding carboxylic acids is 4. The Kier molecular flexibility index (Phi) is 8.89. The second-order valence-corrected chi connectivity index (χ2v) is 8.04. The number of carbonyl (C=O) groups is 4. The fourth-order valence-corrected chi connectivity index (χ4v) is 3.82. The van der Waals surface area contributed by atoms with Gasteiger partial charge in [0.2, 0.25) is 11.8 Å². The highest BCUT2D eigenvalue weighted by atomic mass is 16.5. The van der Waals surface area contributed by atoms with Crippen LogP contribution < -0.4 is 5.32 Å². The number of hydrogen-bond acceptors (Lipinski definition) is 5. The van der Waals surface area contributed by atoms with Crippen LogP contribution in [0.2, 0.25) is 0 Å². The summed E-state index contributed by atoms with van der Waals surface area (Å²) >= 11 is 0. The number of esters is 1. The summed E-state index contributed by atoms with van der Waals surface area (Å²) in [5.74, 6) is -2.41. The lowest BCUT2D eigenvalue weighted by atomic mass is 10.0. The smallest absolute Gasteiger partial charge is 0.328 e. The van der Waals surface area contributed by atoms with Crippen molar-refractivity contribution >= 4 is 23.7 Å². The van der Waals surface area contributed by atoms with Gasteiger partial charge in [-0.15, -0.1) is 0 Å². The van der Waals surface area contributed by atoms with Crippen LogP contribution in [-0.2, 0) is 32.0 Å². The van der Waals surface area contributed by atoms with Crippen molar-refractivity contribution in [1.82, 2.24) is 10.2 Å². The Labute approximate surface area is 204 Å². The third-order valence-electron chi connectivity index (χ3n) is 5.55. The summed E-state index contributed by atoms with van der Waals surface area (Å²) in [6.07, 6.45) is 0.286. The summed E-state index contributed by atoms with van der Waals surface area (Å²) in [5.41, 5.74) is 1.87. The number of amides is 3. The summed E-state index contributed by atoms with van der Waals surface area (Å²) < 4.78 is 4.91. The molecule has 0 saturated heterocycles. The lowest BCUT2D eigenvalue weighted by molar-refractivity contribution is -0.146. The van der Waals surface area contributed by atoms with Crippen molar-refractivity contribution in [3.63, 3.8) is 0 Å². The Morgan fingerprint density at radius 1 is 0.771 bits per heavy atom. The van der Waals surface area contributed by atoms with Gasteiger partial charge < -0.3 is 10.1 Å². The predicted octanol–water partition coefficient (Wildman–Crippen LogP) is 3.19. The average molecular weight is 473 g/mol. The molecule has 0 aliphatic rings. The fraction of sp³-hybridized carbons (Fsp3) is 0.214. The van der Waals surface area contributed by atoms with Crippen molar-refractivity contribution in [3.05, 3.63) is 108 Å². The first-order valence-electron chi connectivity index (χ1n) is 11.3. The van der Waals surface area contributed by atoms with Gasteiger partial charge in [-0.1, -0.05) is 78.9 Å². The normalized spacial score (nSPS) is 12.2. The molecule has 35 heavy (non-hydrogen) atoms. The number of imide groups is 1. The molecule has 0 aliphatic carbocycles. The molecular formula is C28H28N2O5. The van der Waals surface area contributed by atoms with Gasteiger partial charge in [-0.25, -0.2) is 4.79 Å². The zero-order valence-electron chi connectivity index (χ0n) is 19.7. The van der Waals surface area contributed by atoms with E-state index in [1.165, 1.54) is 14.0 Å². The van der Waals surface area contributed by atoms with Gasteiger partial charge in [-0.3, -0.25) is 19.3 Å². The van der Waals surface area contributed by atoms with E-state index in [9.17, 15) is 19.2 Å². The number of nitrogens with one attached hydrogen (secondary N) is 1. The molecule has 0 aliphatic heterocycles. The van der Waals surface area contributed by atoms with E-state index in [0.717, 1.165) is 16.0 Å². The number of hydrogen-bond donors (Lipinski definition) is 1. The van der Waals surface area contributed by atoms with Gasteiger partial charge in [0.05, 0.1) is 7.11 Å². The molecule has 0 spiro atoms. The molecule has 3 amide bonds. The highest BCUT2D eigenvalue weighted by Gasteiger charge is 2.36. The van der Waals surface area contributed by atoms with Gasteiger partial charge in [-0.2, -0.15) is 0 Å². The first-order valence-corrected chi connectivity index (χ1v) is 11.3. The van der Waals surface area contributed by atoms with Crippen molar-refractivity contribution in [1.29, 1.82) is 0 Å². The minimum absolute atomic E-state index is 0.0874. The first kappa shape index (κ1) is 25.4. The lowest BCUT2D eigenvalue weighted by Gasteiger charge is -2.30. The van der Waals surface area contributed by atoms with Crippen LogP contribution in [-0.4, -0.2) is 47.8 Å². The van der Waals surface area contributed by atoms with E-state index in [0.29, 0.717) is 0 Å². The maximum atomic E-state index is 13.6. The zero-order valence-corrected chi connectivity index (χ0v) is 19.7. The summed E-state index contributed by atoms with van der Waals surface area (Å²) in [6, 6.07) is 24.4. The van der Waals surface area contributed by atoms with Gasteiger partial charge in [0.1, 0.15) is 12.1 Å². The van der Waals surface area contributed by atoms with E-state index in [2.05, 4.69) is 5.32 Å². The van der Waals surface area contributed by atoms with Crippen LogP contribution >= 0.6 is 0 Å². The van der Waals surface area contributed by atoms with Crippen molar-refractivity contribution in [2.24, 2.45) is 0 Å². The molecule has 2 atom stereocenters. The topological polar surface area (TPSA) is 92.8 Å². The third kappa shape index (κ3) is 6.86. The van der Waals surface area contributed by atoms with Crippen molar-refractivity contribution in [2.45, 2.75) is 31.8 Å². The molecule has 0 aromatic heterocycles. The van der Waals surface area contributed by atoms with Crippen molar-refractivity contribution in [3.8, 4) is 0 Å². The summed E-state index contributed by atoms with van der Waals surface area (Å²) in [4.78, 5) is 53.1. The van der Waals surface area contributed by atoms with Crippen molar-refractivity contribution in [2.75, 3.05) is 7.11 Å². The Bertz CT molecular complexity index is 1150. The van der Waals surface area contributed by atoms with Gasteiger partial charge >= 0.3 is 5.97 Å². The number of methoxy groups -OCH3 is 1. The van der Waals surface area contributed by atoms with Crippen LogP contribution in [0, 0.1) is 0 Å². The molecule has 0 bridgehead atoms. The van der Waals surface area contributed by atoms with Crippen LogP contribution in [0.3, 0.4) is 0 Å². The first-order chi connectivity index (χ1) is 16.9. The minimum Gasteiger partial charge on any atom is -0.467 e. The Hall–Kier alpha value is -4.26. The van der Waals surface area contributed by atoms with E-state index >= 15 is 0 Å². The van der Waals surface area contributed by atoms with E-state index in [1.54, 1.807) is 30.3 Å². The monoisotopic (exact) mass is 472 g/mol. The molecule has 2 unspecified atom stereocenters. The SMILES string of the molecule is COC(=O)C(Cc1ccccc1)NC(=O)C(Cc1ccccc1)N(C(C)=O)C(=O)c1ccccc1. The second kappa shape index (κ2) is 12.3. The summed E-state index contributed by atoms with van der Waals surface area (Å²) in [6.45, 7) is 1.24. The van der Waals surface area contributed by atoms with Crippen LogP contribution in [0.4, 0.5) is 0 Å². The highest BCUT2D eigenvalue weighted by Crippen LogP contribution is 2.16. The quantitative estimate of drug-likeness (QED) is 0.483. The largest absolute Gasteiger partial charge is 0.467 e. The van der Waals surface area contributed by atoms with Crippen molar-refractivity contribution < 1.29 is 23.9 Å². The predicted molar refractivity (Wildman–Crippen MR) is 131 cm³/mol. The van der Waals surface area contributed by atoms with E-state index in [4.69, 9.17) is 4.74 Å². The molecule has 180 valence electrons. The molecule has 0 saturated carbocycles. The Balaban J connectivity index is 1.94. The van der Waals surface area contributed by atoms with E-state index < -0.39 is 35.8 Å².